The summed E-state index contributed by atoms with van der Waals surface area (Å²) in [5.74, 6) is 0. The summed E-state index contributed by atoms with van der Waals surface area (Å²) in [4.78, 5) is 0. The van der Waals surface area contributed by atoms with Crippen molar-refractivity contribution in [2.24, 2.45) is 0 Å². The normalized spacial score (nSPS) is 49.7. The average Bonchev–Trinajstić information content (AvgIpc) is 2.51. The fourth-order valence-corrected chi connectivity index (χ4v) is 1.23. The van der Waals surface area contributed by atoms with Gasteiger partial charge in [-0.15, -0.1) is 0 Å². The van der Waals surface area contributed by atoms with E-state index >= 15 is 0 Å². The highest BCUT2D eigenvalue weighted by molar-refractivity contribution is 5.07. The van der Waals surface area contributed by atoms with Crippen molar-refractivity contribution in [1.29, 1.82) is 0 Å². The highest BCUT2D eigenvalue weighted by atomic mass is 19.1. The molecule has 2 fully saturated rings. The maximum Gasteiger partial charge on any atom is 0.146 e. The lowest BCUT2D eigenvalue weighted by molar-refractivity contribution is 0.105. The lowest BCUT2D eigenvalue weighted by Gasteiger charge is -1.96. The Morgan fingerprint density at radius 3 is 3.33 bits per heavy atom. The number of hydrogen-bond acceptors (Lipinski definition) is 2. The zero-order chi connectivity index (χ0) is 6.27. The molecule has 1 saturated carbocycles. The lowest BCUT2D eigenvalue weighted by Crippen LogP contribution is -2.19. The summed E-state index contributed by atoms with van der Waals surface area (Å²) >= 11 is 0. The molecule has 1 saturated heterocycles. The van der Waals surface area contributed by atoms with Crippen LogP contribution in [0.5, 0.6) is 0 Å². The number of alkyl halides is 1. The van der Waals surface area contributed by atoms with Gasteiger partial charge < -0.3 is 10.1 Å². The van der Waals surface area contributed by atoms with Crippen LogP contribution in [0.1, 0.15) is 6.42 Å². The van der Waals surface area contributed by atoms with Crippen LogP contribution in [-0.4, -0.2) is 31.5 Å². The summed E-state index contributed by atoms with van der Waals surface area (Å²) in [5, 5.41) is 3.07. The predicted molar refractivity (Wildman–Crippen MR) is 31.0 cm³/mol. The van der Waals surface area contributed by atoms with Crippen molar-refractivity contribution in [2.45, 2.75) is 24.7 Å². The Hall–Kier alpha value is -0.150. The quantitative estimate of drug-likeness (QED) is 0.503. The third kappa shape index (κ3) is 0.843. The molecule has 0 bridgehead atoms. The predicted octanol–water partition coefficient (Wildman–Crippen LogP) is 0.0852. The standard InChI is InChI=1S/C6H10FNO/c7-4-5-6(4)9-3-1-2-8-5/h4-6,8H,1-3H2/t4-,5-,6+/m0/s1. The van der Waals surface area contributed by atoms with Crippen LogP contribution in [0.2, 0.25) is 0 Å². The van der Waals surface area contributed by atoms with E-state index < -0.39 is 6.17 Å². The van der Waals surface area contributed by atoms with Crippen LogP contribution in [0.3, 0.4) is 0 Å². The van der Waals surface area contributed by atoms with Gasteiger partial charge in [-0.3, -0.25) is 0 Å². The van der Waals surface area contributed by atoms with Crippen LogP contribution in [-0.2, 0) is 4.74 Å². The largest absolute Gasteiger partial charge is 0.373 e. The Labute approximate surface area is 53.4 Å². The Morgan fingerprint density at radius 2 is 2.44 bits per heavy atom. The first-order chi connectivity index (χ1) is 4.39. The summed E-state index contributed by atoms with van der Waals surface area (Å²) in [6.45, 7) is 1.62. The molecule has 0 amide bonds. The minimum atomic E-state index is -0.731. The van der Waals surface area contributed by atoms with Crippen molar-refractivity contribution in [2.75, 3.05) is 13.2 Å². The molecule has 0 aromatic rings. The second kappa shape index (κ2) is 1.92. The highest BCUT2D eigenvalue weighted by Gasteiger charge is 2.52. The Kier molecular flexibility index (Phi) is 1.20. The lowest BCUT2D eigenvalue weighted by atomic mass is 10.4. The van der Waals surface area contributed by atoms with Crippen LogP contribution in [0.15, 0.2) is 0 Å². The topological polar surface area (TPSA) is 21.3 Å². The zero-order valence-corrected chi connectivity index (χ0v) is 5.14. The average molecular weight is 131 g/mol. The van der Waals surface area contributed by atoms with Gasteiger partial charge in [0, 0.05) is 6.61 Å². The monoisotopic (exact) mass is 131 g/mol. The molecule has 52 valence electrons. The van der Waals surface area contributed by atoms with Crippen molar-refractivity contribution < 1.29 is 9.13 Å². The van der Waals surface area contributed by atoms with Gasteiger partial charge in [0.15, 0.2) is 0 Å². The van der Waals surface area contributed by atoms with E-state index in [0.29, 0.717) is 6.61 Å². The van der Waals surface area contributed by atoms with Crippen LogP contribution in [0.25, 0.3) is 0 Å². The summed E-state index contributed by atoms with van der Waals surface area (Å²) in [6, 6.07) is 0.0208. The van der Waals surface area contributed by atoms with Crippen molar-refractivity contribution >= 4 is 0 Å². The molecular weight excluding hydrogens is 121 g/mol. The van der Waals surface area contributed by atoms with E-state index in [4.69, 9.17) is 4.74 Å². The molecule has 1 N–H and O–H groups in total. The molecule has 1 heterocycles. The first-order valence-corrected chi connectivity index (χ1v) is 3.38. The number of halogens is 1. The van der Waals surface area contributed by atoms with E-state index in [-0.39, 0.29) is 12.1 Å². The van der Waals surface area contributed by atoms with Gasteiger partial charge in [0.25, 0.3) is 0 Å². The SMILES string of the molecule is F[C@H]1[C@@H]2NCCCO[C@H]12. The van der Waals surface area contributed by atoms with Gasteiger partial charge in [-0.05, 0) is 13.0 Å². The van der Waals surface area contributed by atoms with Crippen molar-refractivity contribution in [3.63, 3.8) is 0 Å². The van der Waals surface area contributed by atoms with Crippen LogP contribution in [0.4, 0.5) is 4.39 Å². The summed E-state index contributed by atoms with van der Waals surface area (Å²) in [7, 11) is 0. The number of hydrogen-bond donors (Lipinski definition) is 1. The van der Waals surface area contributed by atoms with E-state index in [2.05, 4.69) is 5.32 Å². The van der Waals surface area contributed by atoms with E-state index in [1.165, 1.54) is 0 Å². The molecule has 1 aliphatic carbocycles. The van der Waals surface area contributed by atoms with Gasteiger partial charge in [-0.1, -0.05) is 0 Å². The molecule has 3 atom stereocenters. The Morgan fingerprint density at radius 1 is 1.56 bits per heavy atom. The minimum absolute atomic E-state index is 0.0208. The third-order valence-electron chi connectivity index (χ3n) is 1.88. The third-order valence-corrected chi connectivity index (χ3v) is 1.88. The molecular formula is C6H10FNO. The summed E-state index contributed by atoms with van der Waals surface area (Å²) in [5.41, 5.74) is 0. The molecule has 0 unspecified atom stereocenters. The number of ether oxygens (including phenoxy) is 1. The second-order valence-corrected chi connectivity index (χ2v) is 2.61. The molecule has 2 nitrogen and oxygen atoms in total. The molecule has 0 aromatic heterocycles. The molecule has 9 heavy (non-hydrogen) atoms. The highest BCUT2D eigenvalue weighted by Crippen LogP contribution is 2.31. The maximum absolute atomic E-state index is 12.5. The molecule has 1 aliphatic heterocycles. The van der Waals surface area contributed by atoms with Gasteiger partial charge in [0.1, 0.15) is 12.3 Å². The Bertz CT molecular complexity index is 108. The molecule has 0 radical (unpaired) electrons. The molecule has 3 heteroatoms. The minimum Gasteiger partial charge on any atom is -0.373 e. The number of fused-ring (bicyclic) bond motifs is 1. The fourth-order valence-electron chi connectivity index (χ4n) is 1.23. The van der Waals surface area contributed by atoms with Crippen LogP contribution < -0.4 is 5.32 Å². The zero-order valence-electron chi connectivity index (χ0n) is 5.14. The second-order valence-electron chi connectivity index (χ2n) is 2.61. The first kappa shape index (κ1) is 5.62. The van der Waals surface area contributed by atoms with E-state index in [9.17, 15) is 4.39 Å². The number of rotatable bonds is 0. The number of nitrogens with one attached hydrogen (secondary N) is 1. The van der Waals surface area contributed by atoms with Crippen LogP contribution in [0, 0.1) is 0 Å². The van der Waals surface area contributed by atoms with Gasteiger partial charge >= 0.3 is 0 Å². The molecule has 0 aromatic carbocycles. The van der Waals surface area contributed by atoms with E-state index in [0.717, 1.165) is 13.0 Å². The summed E-state index contributed by atoms with van der Waals surface area (Å²) in [6.07, 6.45) is 0.164. The van der Waals surface area contributed by atoms with Crippen molar-refractivity contribution in [3.8, 4) is 0 Å². The van der Waals surface area contributed by atoms with Gasteiger partial charge in [-0.25, -0.2) is 4.39 Å². The van der Waals surface area contributed by atoms with E-state index in [1.807, 2.05) is 0 Å². The van der Waals surface area contributed by atoms with Gasteiger partial charge in [-0.2, -0.15) is 0 Å². The summed E-state index contributed by atoms with van der Waals surface area (Å²) < 4.78 is 17.6. The first-order valence-electron chi connectivity index (χ1n) is 3.38. The van der Waals surface area contributed by atoms with Crippen molar-refractivity contribution in [3.05, 3.63) is 0 Å². The maximum atomic E-state index is 12.5. The molecule has 2 rings (SSSR count). The molecule has 2 aliphatic rings. The van der Waals surface area contributed by atoms with Gasteiger partial charge in [0.05, 0.1) is 6.04 Å². The Balaban J connectivity index is 1.93. The van der Waals surface area contributed by atoms with Gasteiger partial charge in [0.2, 0.25) is 0 Å². The molecule has 0 spiro atoms. The smallest absolute Gasteiger partial charge is 0.146 e. The van der Waals surface area contributed by atoms with Crippen molar-refractivity contribution in [1.82, 2.24) is 5.32 Å². The van der Waals surface area contributed by atoms with E-state index in [1.54, 1.807) is 0 Å². The fraction of sp³-hybridized carbons (Fsp3) is 1.00. The van der Waals surface area contributed by atoms with Crippen LogP contribution >= 0.6 is 0 Å².